The number of carbonyl (C=O) groups excluding carboxylic acids is 1. The molecule has 1 aliphatic rings. The second-order valence-corrected chi connectivity index (χ2v) is 11.0. The molecule has 32 heavy (non-hydrogen) atoms. The van der Waals surface area contributed by atoms with Gasteiger partial charge in [0.25, 0.3) is 5.91 Å². The minimum atomic E-state index is -0.156. The van der Waals surface area contributed by atoms with E-state index in [9.17, 15) is 4.79 Å². The van der Waals surface area contributed by atoms with Crippen molar-refractivity contribution in [3.8, 4) is 11.3 Å². The molecule has 0 unspecified atom stereocenters. The normalized spacial score (nSPS) is 20.1. The monoisotopic (exact) mass is 446 g/mol. The molecule has 0 aliphatic heterocycles. The smallest absolute Gasteiger partial charge is 0.251 e. The van der Waals surface area contributed by atoms with E-state index in [0.717, 1.165) is 29.8 Å². The molecule has 4 atom stereocenters. The van der Waals surface area contributed by atoms with Crippen molar-refractivity contribution in [3.05, 3.63) is 71.9 Å². The number of hydrogen-bond donors (Lipinski definition) is 0. The molecule has 4 rings (SSSR count). The van der Waals surface area contributed by atoms with Crippen molar-refractivity contribution in [1.82, 2.24) is 9.78 Å². The molecule has 2 aromatic carbocycles. The zero-order valence-corrected chi connectivity index (χ0v) is 20.6. The van der Waals surface area contributed by atoms with Gasteiger partial charge in [0.15, 0.2) is 0 Å². The number of carbonyl (C=O) groups is 1. The molecule has 1 aromatic heterocycles. The van der Waals surface area contributed by atoms with E-state index in [1.54, 1.807) is 16.4 Å². The third-order valence-electron chi connectivity index (χ3n) is 6.92. The van der Waals surface area contributed by atoms with Gasteiger partial charge in [0.05, 0.1) is 11.4 Å². The van der Waals surface area contributed by atoms with Crippen molar-refractivity contribution in [3.63, 3.8) is 0 Å². The number of benzene rings is 2. The average molecular weight is 447 g/mol. The van der Waals surface area contributed by atoms with E-state index in [1.165, 1.54) is 10.5 Å². The third kappa shape index (κ3) is 4.43. The Bertz CT molecular complexity index is 1060. The van der Waals surface area contributed by atoms with Gasteiger partial charge < -0.3 is 0 Å². The van der Waals surface area contributed by atoms with Crippen LogP contribution in [0.25, 0.3) is 11.3 Å². The van der Waals surface area contributed by atoms with E-state index in [2.05, 4.69) is 52.0 Å². The molecule has 168 valence electrons. The number of aromatic nitrogens is 2. The van der Waals surface area contributed by atoms with E-state index < -0.39 is 0 Å². The van der Waals surface area contributed by atoms with Crippen molar-refractivity contribution < 1.29 is 4.79 Å². The predicted molar refractivity (Wildman–Crippen MR) is 134 cm³/mol. The summed E-state index contributed by atoms with van der Waals surface area (Å²) in [6.45, 7) is 11.0. The third-order valence-corrected chi connectivity index (χ3v) is 8.25. The lowest BCUT2D eigenvalue weighted by molar-refractivity contribution is 0.0830. The molecule has 1 heterocycles. The maximum atomic E-state index is 13.9. The highest BCUT2D eigenvalue weighted by Gasteiger charge is 2.36. The maximum absolute atomic E-state index is 13.9. The summed E-state index contributed by atoms with van der Waals surface area (Å²) in [5, 5.41) is 5.19. The summed E-state index contributed by atoms with van der Waals surface area (Å²) < 4.78 is 1.75. The highest BCUT2D eigenvalue weighted by molar-refractivity contribution is 8.00. The second kappa shape index (κ2) is 9.66. The van der Waals surface area contributed by atoms with Gasteiger partial charge in [-0.25, -0.2) is 0 Å². The van der Waals surface area contributed by atoms with Crippen LogP contribution in [0.15, 0.2) is 65.6 Å². The zero-order chi connectivity index (χ0) is 22.8. The topological polar surface area (TPSA) is 34.9 Å². The van der Waals surface area contributed by atoms with Crippen LogP contribution in [-0.2, 0) is 0 Å². The fraction of sp³-hybridized carbons (Fsp3) is 0.429. The fourth-order valence-electron chi connectivity index (χ4n) is 4.81. The Labute approximate surface area is 196 Å². The van der Waals surface area contributed by atoms with Gasteiger partial charge in [-0.1, -0.05) is 83.1 Å². The Morgan fingerprint density at radius 3 is 2.22 bits per heavy atom. The molecule has 3 aromatic rings. The molecular weight excluding hydrogens is 412 g/mol. The van der Waals surface area contributed by atoms with Crippen LogP contribution in [0, 0.1) is 11.8 Å². The lowest BCUT2D eigenvalue weighted by Crippen LogP contribution is -2.28. The number of rotatable bonds is 6. The van der Waals surface area contributed by atoms with E-state index in [1.807, 2.05) is 43.3 Å². The van der Waals surface area contributed by atoms with Crippen LogP contribution in [0.2, 0.25) is 0 Å². The van der Waals surface area contributed by atoms with Crippen LogP contribution in [0.1, 0.15) is 75.3 Å². The van der Waals surface area contributed by atoms with Crippen LogP contribution in [-0.4, -0.2) is 20.9 Å². The van der Waals surface area contributed by atoms with Gasteiger partial charge in [-0.2, -0.15) is 9.78 Å². The van der Waals surface area contributed by atoms with Gasteiger partial charge in [0.1, 0.15) is 0 Å². The van der Waals surface area contributed by atoms with Crippen molar-refractivity contribution in [2.45, 2.75) is 69.4 Å². The minimum absolute atomic E-state index is 0.0869. The second-order valence-electron chi connectivity index (χ2n) is 9.52. The van der Waals surface area contributed by atoms with Gasteiger partial charge in [-0.3, -0.25) is 4.79 Å². The first-order valence-corrected chi connectivity index (χ1v) is 12.7. The molecule has 0 radical (unpaired) electrons. The molecule has 0 fully saturated rings. The Hall–Kier alpha value is -2.33. The standard InChI is InChI=1S/C28H34N2OS/c1-18(2)24-17-16-19(3)25-26(24)29-30(27(25)22-12-8-6-9-13-22)28(31)20(4)21(5)32-23-14-10-7-11-15-23/h6-15,18-21,24H,16-17H2,1-5H3/t19-,20+,21+,24-/m1/s1. The molecule has 0 saturated carbocycles. The minimum Gasteiger partial charge on any atom is -0.272 e. The largest absolute Gasteiger partial charge is 0.272 e. The summed E-state index contributed by atoms with van der Waals surface area (Å²) in [5.74, 6) is 1.25. The Morgan fingerprint density at radius 1 is 0.969 bits per heavy atom. The predicted octanol–water partition coefficient (Wildman–Crippen LogP) is 7.64. The summed E-state index contributed by atoms with van der Waals surface area (Å²) in [6, 6.07) is 20.7. The van der Waals surface area contributed by atoms with Gasteiger partial charge in [-0.05, 0) is 36.8 Å². The summed E-state index contributed by atoms with van der Waals surface area (Å²) in [5.41, 5.74) is 4.51. The number of thioether (sulfide) groups is 1. The summed E-state index contributed by atoms with van der Waals surface area (Å²) in [7, 11) is 0. The highest BCUT2D eigenvalue weighted by atomic mass is 32.2. The maximum Gasteiger partial charge on any atom is 0.251 e. The Balaban J connectivity index is 1.76. The fourth-order valence-corrected chi connectivity index (χ4v) is 5.87. The summed E-state index contributed by atoms with van der Waals surface area (Å²) >= 11 is 1.76. The van der Waals surface area contributed by atoms with Crippen LogP contribution in [0.4, 0.5) is 0 Å². The van der Waals surface area contributed by atoms with Crippen molar-refractivity contribution in [2.75, 3.05) is 0 Å². The first-order valence-electron chi connectivity index (χ1n) is 11.8. The van der Waals surface area contributed by atoms with E-state index >= 15 is 0 Å². The number of fused-ring (bicyclic) bond motifs is 1. The van der Waals surface area contributed by atoms with Gasteiger partial charge >= 0.3 is 0 Å². The highest BCUT2D eigenvalue weighted by Crippen LogP contribution is 2.46. The van der Waals surface area contributed by atoms with Crippen LogP contribution < -0.4 is 0 Å². The van der Waals surface area contributed by atoms with E-state index in [-0.39, 0.29) is 17.1 Å². The van der Waals surface area contributed by atoms with Crippen LogP contribution in [0.5, 0.6) is 0 Å². The SMILES string of the molecule is CC(C)[C@H]1CC[C@@H](C)c2c1nn(C(=O)[C@@H](C)[C@H](C)Sc1ccccc1)c2-c1ccccc1. The molecule has 0 bridgehead atoms. The van der Waals surface area contributed by atoms with Crippen LogP contribution in [0.3, 0.4) is 0 Å². The lowest BCUT2D eigenvalue weighted by atomic mass is 9.75. The molecule has 0 N–H and O–H groups in total. The molecular formula is C28H34N2OS. The average Bonchev–Trinajstić information content (AvgIpc) is 3.20. The molecule has 3 nitrogen and oxygen atoms in total. The number of nitrogens with zero attached hydrogens (tertiary/aromatic N) is 2. The first kappa shape index (κ1) is 22.8. The zero-order valence-electron chi connectivity index (χ0n) is 19.8. The number of hydrogen-bond acceptors (Lipinski definition) is 3. The molecule has 1 aliphatic carbocycles. The van der Waals surface area contributed by atoms with Gasteiger partial charge in [0.2, 0.25) is 0 Å². The van der Waals surface area contributed by atoms with E-state index in [0.29, 0.717) is 17.8 Å². The quantitative estimate of drug-likeness (QED) is 0.365. The lowest BCUT2D eigenvalue weighted by Gasteiger charge is -2.28. The molecule has 0 saturated heterocycles. The first-order chi connectivity index (χ1) is 15.4. The van der Waals surface area contributed by atoms with Crippen molar-refractivity contribution in [1.29, 1.82) is 0 Å². The summed E-state index contributed by atoms with van der Waals surface area (Å²) in [4.78, 5) is 15.0. The summed E-state index contributed by atoms with van der Waals surface area (Å²) in [6.07, 6.45) is 2.28. The molecule has 0 amide bonds. The van der Waals surface area contributed by atoms with Crippen molar-refractivity contribution in [2.24, 2.45) is 11.8 Å². The Kier molecular flexibility index (Phi) is 6.90. The Morgan fingerprint density at radius 2 is 1.59 bits per heavy atom. The molecule has 4 heteroatoms. The van der Waals surface area contributed by atoms with Crippen molar-refractivity contribution >= 4 is 17.7 Å². The van der Waals surface area contributed by atoms with E-state index in [4.69, 9.17) is 5.10 Å². The van der Waals surface area contributed by atoms with Gasteiger partial charge in [-0.15, -0.1) is 11.8 Å². The molecule has 0 spiro atoms. The van der Waals surface area contributed by atoms with Gasteiger partial charge in [0, 0.05) is 33.1 Å². The van der Waals surface area contributed by atoms with Crippen LogP contribution >= 0.6 is 11.8 Å².